The summed E-state index contributed by atoms with van der Waals surface area (Å²) >= 11 is 3.45. The number of hydrogen-bond donors (Lipinski definition) is 1. The molecule has 0 heterocycles. The zero-order valence-electron chi connectivity index (χ0n) is 9.80. The highest BCUT2D eigenvalue weighted by atomic mass is 79.9. The van der Waals surface area contributed by atoms with Crippen LogP contribution in [-0.2, 0) is 4.79 Å². The van der Waals surface area contributed by atoms with Crippen LogP contribution in [0.1, 0.15) is 25.0 Å². The van der Waals surface area contributed by atoms with E-state index in [4.69, 9.17) is 9.84 Å². The van der Waals surface area contributed by atoms with Gasteiger partial charge in [0.05, 0.1) is 0 Å². The number of benzene rings is 1. The van der Waals surface area contributed by atoms with E-state index in [1.54, 1.807) is 0 Å². The normalized spacial score (nSPS) is 11.3. The van der Waals surface area contributed by atoms with Gasteiger partial charge in [-0.05, 0) is 51.0 Å². The maximum atomic E-state index is 10.9. The smallest absolute Gasteiger partial charge is 0.347 e. The highest BCUT2D eigenvalue weighted by Crippen LogP contribution is 2.28. The van der Waals surface area contributed by atoms with Gasteiger partial charge in [0.15, 0.2) is 5.60 Å². The molecule has 0 amide bonds. The van der Waals surface area contributed by atoms with Gasteiger partial charge in [-0.1, -0.05) is 15.9 Å². The number of ether oxygens (including phenoxy) is 1. The lowest BCUT2D eigenvalue weighted by molar-refractivity contribution is -0.152. The summed E-state index contributed by atoms with van der Waals surface area (Å²) < 4.78 is 6.48. The van der Waals surface area contributed by atoms with E-state index >= 15 is 0 Å². The molecule has 1 aromatic rings. The van der Waals surface area contributed by atoms with Gasteiger partial charge in [0, 0.05) is 4.47 Å². The van der Waals surface area contributed by atoms with Gasteiger partial charge in [-0.25, -0.2) is 4.79 Å². The Balaban J connectivity index is 3.04. The number of carbonyl (C=O) groups is 1. The Hall–Kier alpha value is -1.03. The summed E-state index contributed by atoms with van der Waals surface area (Å²) in [6.07, 6.45) is 0. The standard InChI is InChI=1S/C12H15BrO3/c1-7-5-9(6-8(2)10(7)13)16-12(3,4)11(14)15/h5-6H,1-4H3,(H,14,15). The Morgan fingerprint density at radius 1 is 1.31 bits per heavy atom. The Morgan fingerprint density at radius 3 is 2.12 bits per heavy atom. The second kappa shape index (κ2) is 4.45. The third-order valence-electron chi connectivity index (χ3n) is 2.30. The molecule has 88 valence electrons. The molecule has 0 aliphatic heterocycles. The zero-order valence-corrected chi connectivity index (χ0v) is 11.4. The molecule has 0 bridgehead atoms. The second-order valence-corrected chi connectivity index (χ2v) is 5.08. The van der Waals surface area contributed by atoms with Crippen LogP contribution in [0.4, 0.5) is 0 Å². The van der Waals surface area contributed by atoms with E-state index in [1.807, 2.05) is 26.0 Å². The minimum atomic E-state index is -1.22. The van der Waals surface area contributed by atoms with Crippen molar-refractivity contribution >= 4 is 21.9 Å². The lowest BCUT2D eigenvalue weighted by atomic mass is 10.1. The van der Waals surface area contributed by atoms with Crippen molar-refractivity contribution in [3.8, 4) is 5.75 Å². The van der Waals surface area contributed by atoms with Crippen LogP contribution in [-0.4, -0.2) is 16.7 Å². The van der Waals surface area contributed by atoms with E-state index in [2.05, 4.69) is 15.9 Å². The number of aliphatic carboxylic acids is 1. The molecule has 0 aliphatic carbocycles. The van der Waals surface area contributed by atoms with E-state index < -0.39 is 11.6 Å². The summed E-state index contributed by atoms with van der Waals surface area (Å²) in [4.78, 5) is 10.9. The van der Waals surface area contributed by atoms with Crippen LogP contribution in [0, 0.1) is 13.8 Å². The molecule has 1 aromatic carbocycles. The number of halogens is 1. The first-order valence-corrected chi connectivity index (χ1v) is 5.72. The van der Waals surface area contributed by atoms with Gasteiger partial charge in [0.2, 0.25) is 0 Å². The minimum absolute atomic E-state index is 0.575. The lowest BCUT2D eigenvalue weighted by Crippen LogP contribution is -2.37. The number of hydrogen-bond acceptors (Lipinski definition) is 2. The minimum Gasteiger partial charge on any atom is -0.478 e. The van der Waals surface area contributed by atoms with Crippen molar-refractivity contribution in [1.82, 2.24) is 0 Å². The van der Waals surface area contributed by atoms with Gasteiger partial charge in [0.1, 0.15) is 5.75 Å². The van der Waals surface area contributed by atoms with Crippen molar-refractivity contribution in [2.75, 3.05) is 0 Å². The highest BCUT2D eigenvalue weighted by molar-refractivity contribution is 9.10. The van der Waals surface area contributed by atoms with Crippen LogP contribution in [0.2, 0.25) is 0 Å². The number of carboxylic acids is 1. The van der Waals surface area contributed by atoms with E-state index in [0.717, 1.165) is 15.6 Å². The molecule has 1 N–H and O–H groups in total. The average molecular weight is 287 g/mol. The van der Waals surface area contributed by atoms with Gasteiger partial charge in [-0.2, -0.15) is 0 Å². The van der Waals surface area contributed by atoms with Gasteiger partial charge in [-0.15, -0.1) is 0 Å². The Morgan fingerprint density at radius 2 is 1.75 bits per heavy atom. The molecule has 0 atom stereocenters. The monoisotopic (exact) mass is 286 g/mol. The molecule has 0 spiro atoms. The molecule has 0 aromatic heterocycles. The van der Waals surface area contributed by atoms with E-state index in [9.17, 15) is 4.79 Å². The molecule has 1 rings (SSSR count). The quantitative estimate of drug-likeness (QED) is 0.927. The summed E-state index contributed by atoms with van der Waals surface area (Å²) in [6.45, 7) is 6.94. The molecule has 16 heavy (non-hydrogen) atoms. The maximum Gasteiger partial charge on any atom is 0.347 e. The number of aryl methyl sites for hydroxylation is 2. The fourth-order valence-corrected chi connectivity index (χ4v) is 1.53. The summed E-state index contributed by atoms with van der Waals surface area (Å²) in [7, 11) is 0. The molecular weight excluding hydrogens is 272 g/mol. The number of rotatable bonds is 3. The van der Waals surface area contributed by atoms with Crippen LogP contribution in [0.25, 0.3) is 0 Å². The lowest BCUT2D eigenvalue weighted by Gasteiger charge is -2.22. The summed E-state index contributed by atoms with van der Waals surface area (Å²) in [5.41, 5.74) is 0.833. The predicted octanol–water partition coefficient (Wildman–Crippen LogP) is 3.31. The summed E-state index contributed by atoms with van der Waals surface area (Å²) in [5, 5.41) is 8.96. The van der Waals surface area contributed by atoms with Crippen molar-refractivity contribution in [2.24, 2.45) is 0 Å². The molecule has 0 radical (unpaired) electrons. The molecule has 0 aliphatic rings. The van der Waals surface area contributed by atoms with Crippen LogP contribution < -0.4 is 4.74 Å². The Labute approximate surface area is 104 Å². The van der Waals surface area contributed by atoms with Gasteiger partial charge in [-0.3, -0.25) is 0 Å². The van der Waals surface area contributed by atoms with Crippen molar-refractivity contribution in [2.45, 2.75) is 33.3 Å². The number of carboxylic acid groups (broad SMARTS) is 1. The van der Waals surface area contributed by atoms with Crippen molar-refractivity contribution in [3.63, 3.8) is 0 Å². The second-order valence-electron chi connectivity index (χ2n) is 4.29. The molecule has 3 nitrogen and oxygen atoms in total. The predicted molar refractivity (Wildman–Crippen MR) is 66.0 cm³/mol. The van der Waals surface area contributed by atoms with E-state index in [-0.39, 0.29) is 0 Å². The fourth-order valence-electron chi connectivity index (χ4n) is 1.30. The van der Waals surface area contributed by atoms with E-state index in [0.29, 0.717) is 5.75 Å². The van der Waals surface area contributed by atoms with Crippen LogP contribution in [0.5, 0.6) is 5.75 Å². The van der Waals surface area contributed by atoms with Crippen molar-refractivity contribution < 1.29 is 14.6 Å². The van der Waals surface area contributed by atoms with Crippen molar-refractivity contribution in [1.29, 1.82) is 0 Å². The summed E-state index contributed by atoms with van der Waals surface area (Å²) in [6, 6.07) is 3.64. The van der Waals surface area contributed by atoms with E-state index in [1.165, 1.54) is 13.8 Å². The highest BCUT2D eigenvalue weighted by Gasteiger charge is 2.29. The van der Waals surface area contributed by atoms with Crippen molar-refractivity contribution in [3.05, 3.63) is 27.7 Å². The van der Waals surface area contributed by atoms with Crippen LogP contribution in [0.15, 0.2) is 16.6 Å². The maximum absolute atomic E-state index is 10.9. The van der Waals surface area contributed by atoms with Crippen LogP contribution in [0.3, 0.4) is 0 Å². The van der Waals surface area contributed by atoms with Gasteiger partial charge >= 0.3 is 5.97 Å². The molecular formula is C12H15BrO3. The third-order valence-corrected chi connectivity index (χ3v) is 3.55. The van der Waals surface area contributed by atoms with Gasteiger partial charge < -0.3 is 9.84 Å². The molecule has 0 saturated carbocycles. The Kier molecular flexibility index (Phi) is 3.63. The fraction of sp³-hybridized carbons (Fsp3) is 0.417. The van der Waals surface area contributed by atoms with Gasteiger partial charge in [0.25, 0.3) is 0 Å². The summed E-state index contributed by atoms with van der Waals surface area (Å²) in [5.74, 6) is -0.406. The first-order chi connectivity index (χ1) is 7.24. The largest absolute Gasteiger partial charge is 0.478 e. The SMILES string of the molecule is Cc1cc(OC(C)(C)C(=O)O)cc(C)c1Br. The molecule has 0 saturated heterocycles. The molecule has 4 heteroatoms. The first kappa shape index (κ1) is 13.0. The molecule has 0 unspecified atom stereocenters. The zero-order chi connectivity index (χ0) is 12.5. The molecule has 0 fully saturated rings. The third kappa shape index (κ3) is 2.76. The average Bonchev–Trinajstić information content (AvgIpc) is 2.13. The Bertz CT molecular complexity index is 401. The topological polar surface area (TPSA) is 46.5 Å². The van der Waals surface area contributed by atoms with Crippen LogP contribution >= 0.6 is 15.9 Å². The first-order valence-electron chi connectivity index (χ1n) is 4.93.